The molecule has 2 N–H and O–H groups in total. The van der Waals surface area contributed by atoms with Crippen LogP contribution in [0.15, 0.2) is 47.8 Å². The number of benzene rings is 2. The van der Waals surface area contributed by atoms with Gasteiger partial charge in [0.15, 0.2) is 5.13 Å². The summed E-state index contributed by atoms with van der Waals surface area (Å²) in [6, 6.07) is 12.5. The minimum Gasteiger partial charge on any atom is -0.497 e. The number of hydrogen-bond donors (Lipinski definition) is 2. The van der Waals surface area contributed by atoms with Crippen molar-refractivity contribution >= 4 is 28.3 Å². The summed E-state index contributed by atoms with van der Waals surface area (Å²) in [6.45, 7) is 0.453. The largest absolute Gasteiger partial charge is 0.497 e. The average Bonchev–Trinajstić information content (AvgIpc) is 3.27. The zero-order valence-corrected chi connectivity index (χ0v) is 18.2. The molecule has 0 radical (unpaired) electrons. The lowest BCUT2D eigenvalue weighted by atomic mass is 10.1. The summed E-state index contributed by atoms with van der Waals surface area (Å²) >= 11 is 1.17. The fourth-order valence-electron chi connectivity index (χ4n) is 2.78. The number of carbonyl (C=O) groups is 2. The molecule has 0 aliphatic carbocycles. The number of nitrogens with one attached hydrogen (secondary N) is 2. The smallest absolute Gasteiger partial charge is 0.270 e. The van der Waals surface area contributed by atoms with Gasteiger partial charge in [-0.25, -0.2) is 4.98 Å². The van der Waals surface area contributed by atoms with Crippen molar-refractivity contribution in [3.63, 3.8) is 0 Å². The molecule has 0 bridgehead atoms. The van der Waals surface area contributed by atoms with Gasteiger partial charge in [-0.05, 0) is 36.2 Å². The van der Waals surface area contributed by atoms with Crippen LogP contribution in [0, 0.1) is 0 Å². The number of rotatable bonds is 9. The average molecular weight is 442 g/mol. The summed E-state index contributed by atoms with van der Waals surface area (Å²) in [4.78, 5) is 29.1. The SMILES string of the molecule is COc1cccc(CCNC(=O)c2csc(NC(=O)c3cc(OC)cc(OC)c3)n2)c1. The normalized spacial score (nSPS) is 10.3. The molecule has 0 fully saturated rings. The molecule has 3 rings (SSSR count). The Morgan fingerprint density at radius 3 is 2.32 bits per heavy atom. The molecule has 0 aliphatic rings. The van der Waals surface area contributed by atoms with E-state index in [1.54, 1.807) is 30.7 Å². The van der Waals surface area contributed by atoms with Gasteiger partial charge in [0.1, 0.15) is 22.9 Å². The summed E-state index contributed by atoms with van der Waals surface area (Å²) < 4.78 is 15.6. The minimum absolute atomic E-state index is 0.245. The molecule has 162 valence electrons. The van der Waals surface area contributed by atoms with E-state index in [2.05, 4.69) is 15.6 Å². The summed E-state index contributed by atoms with van der Waals surface area (Å²) in [7, 11) is 4.64. The predicted octanol–water partition coefficient (Wildman–Crippen LogP) is 3.39. The molecule has 31 heavy (non-hydrogen) atoms. The van der Waals surface area contributed by atoms with Crippen molar-refractivity contribution < 1.29 is 23.8 Å². The molecule has 1 heterocycles. The highest BCUT2D eigenvalue weighted by atomic mass is 32.1. The van der Waals surface area contributed by atoms with E-state index in [0.717, 1.165) is 11.3 Å². The molecular formula is C22H23N3O5S. The van der Waals surface area contributed by atoms with Crippen LogP contribution in [0.25, 0.3) is 0 Å². The van der Waals surface area contributed by atoms with Gasteiger partial charge in [0.25, 0.3) is 11.8 Å². The third-order valence-electron chi connectivity index (χ3n) is 4.40. The highest BCUT2D eigenvalue weighted by Crippen LogP contribution is 2.24. The number of nitrogens with zero attached hydrogens (tertiary/aromatic N) is 1. The molecule has 8 nitrogen and oxygen atoms in total. The van der Waals surface area contributed by atoms with Crippen molar-refractivity contribution in [2.45, 2.75) is 6.42 Å². The number of hydrogen-bond acceptors (Lipinski definition) is 7. The Balaban J connectivity index is 1.56. The molecule has 2 aromatic carbocycles. The quantitative estimate of drug-likeness (QED) is 0.528. The molecule has 0 unspecified atom stereocenters. The van der Waals surface area contributed by atoms with Crippen LogP contribution in [0.1, 0.15) is 26.4 Å². The first-order valence-electron chi connectivity index (χ1n) is 9.43. The first kappa shape index (κ1) is 22.1. The summed E-state index contributed by atoms with van der Waals surface area (Å²) in [5.74, 6) is 1.09. The Bertz CT molecular complexity index is 1040. The number of methoxy groups -OCH3 is 3. The first-order valence-corrected chi connectivity index (χ1v) is 10.3. The van der Waals surface area contributed by atoms with Gasteiger partial charge in [0.05, 0.1) is 21.3 Å². The lowest BCUT2D eigenvalue weighted by Gasteiger charge is -2.08. The summed E-state index contributed by atoms with van der Waals surface area (Å²) in [5.41, 5.74) is 1.66. The van der Waals surface area contributed by atoms with Crippen LogP contribution in [0.2, 0.25) is 0 Å². The van der Waals surface area contributed by atoms with Crippen molar-refractivity contribution in [3.05, 3.63) is 64.7 Å². The zero-order chi connectivity index (χ0) is 22.2. The highest BCUT2D eigenvalue weighted by Gasteiger charge is 2.15. The Kier molecular flexibility index (Phi) is 7.45. The standard InChI is InChI=1S/C22H23N3O5S/c1-28-16-6-4-5-14(9-16)7-8-23-21(27)19-13-31-22(24-19)25-20(26)15-10-17(29-2)12-18(11-15)30-3/h4-6,9-13H,7-8H2,1-3H3,(H,23,27)(H,24,25,26). The number of aromatic nitrogens is 1. The first-order chi connectivity index (χ1) is 15.0. The maximum absolute atomic E-state index is 12.5. The Hall–Kier alpha value is -3.59. The lowest BCUT2D eigenvalue weighted by Crippen LogP contribution is -2.26. The van der Waals surface area contributed by atoms with Crippen molar-refractivity contribution in [3.8, 4) is 17.2 Å². The molecular weight excluding hydrogens is 418 g/mol. The van der Waals surface area contributed by atoms with Crippen molar-refractivity contribution in [1.29, 1.82) is 0 Å². The minimum atomic E-state index is -0.378. The lowest BCUT2D eigenvalue weighted by molar-refractivity contribution is 0.0948. The van der Waals surface area contributed by atoms with Gasteiger partial charge in [-0.15, -0.1) is 11.3 Å². The fourth-order valence-corrected chi connectivity index (χ4v) is 3.47. The molecule has 0 saturated heterocycles. The van der Waals surface area contributed by atoms with E-state index in [1.807, 2.05) is 24.3 Å². The topological polar surface area (TPSA) is 98.8 Å². The third-order valence-corrected chi connectivity index (χ3v) is 5.16. The molecule has 0 spiro atoms. The van der Waals surface area contributed by atoms with E-state index in [4.69, 9.17) is 14.2 Å². The van der Waals surface area contributed by atoms with Crippen LogP contribution in [-0.4, -0.2) is 44.7 Å². The van der Waals surface area contributed by atoms with Crippen LogP contribution < -0.4 is 24.8 Å². The molecule has 1 aromatic heterocycles. The van der Waals surface area contributed by atoms with Gasteiger partial charge in [0, 0.05) is 23.6 Å². The van der Waals surface area contributed by atoms with Crippen molar-refractivity contribution in [1.82, 2.24) is 10.3 Å². The Morgan fingerprint density at radius 2 is 1.65 bits per heavy atom. The second-order valence-electron chi connectivity index (χ2n) is 6.45. The van der Waals surface area contributed by atoms with Crippen LogP contribution in [-0.2, 0) is 6.42 Å². The number of anilines is 1. The van der Waals surface area contributed by atoms with Crippen LogP contribution >= 0.6 is 11.3 Å². The fraction of sp³-hybridized carbons (Fsp3) is 0.227. The van der Waals surface area contributed by atoms with E-state index in [1.165, 1.54) is 25.6 Å². The van der Waals surface area contributed by atoms with Gasteiger partial charge < -0.3 is 19.5 Å². The van der Waals surface area contributed by atoms with Gasteiger partial charge in [-0.1, -0.05) is 12.1 Å². The van der Waals surface area contributed by atoms with E-state index >= 15 is 0 Å². The molecule has 0 atom stereocenters. The molecule has 9 heteroatoms. The van der Waals surface area contributed by atoms with Crippen LogP contribution in [0.5, 0.6) is 17.2 Å². The van der Waals surface area contributed by atoms with E-state index in [9.17, 15) is 9.59 Å². The van der Waals surface area contributed by atoms with Crippen LogP contribution in [0.4, 0.5) is 5.13 Å². The number of amides is 2. The third kappa shape index (κ3) is 5.95. The molecule has 2 amide bonds. The summed E-state index contributed by atoms with van der Waals surface area (Å²) in [6.07, 6.45) is 0.661. The number of ether oxygens (including phenoxy) is 3. The Labute approximate surface area is 184 Å². The highest BCUT2D eigenvalue weighted by molar-refractivity contribution is 7.14. The van der Waals surface area contributed by atoms with Gasteiger partial charge in [-0.2, -0.15) is 0 Å². The Morgan fingerprint density at radius 1 is 0.935 bits per heavy atom. The monoisotopic (exact) mass is 441 g/mol. The van der Waals surface area contributed by atoms with Crippen LogP contribution in [0.3, 0.4) is 0 Å². The number of carbonyl (C=O) groups excluding carboxylic acids is 2. The number of thiazole rings is 1. The van der Waals surface area contributed by atoms with E-state index in [0.29, 0.717) is 35.2 Å². The summed E-state index contributed by atoms with van der Waals surface area (Å²) in [5, 5.41) is 7.45. The van der Waals surface area contributed by atoms with Gasteiger partial charge in [0.2, 0.25) is 0 Å². The molecule has 0 saturated carbocycles. The zero-order valence-electron chi connectivity index (χ0n) is 17.4. The van der Waals surface area contributed by atoms with Gasteiger partial charge in [-0.3, -0.25) is 14.9 Å². The molecule has 0 aliphatic heterocycles. The van der Waals surface area contributed by atoms with Crippen molar-refractivity contribution in [2.24, 2.45) is 0 Å². The van der Waals surface area contributed by atoms with E-state index < -0.39 is 0 Å². The van der Waals surface area contributed by atoms with Gasteiger partial charge >= 0.3 is 0 Å². The maximum Gasteiger partial charge on any atom is 0.270 e. The second-order valence-corrected chi connectivity index (χ2v) is 7.31. The maximum atomic E-state index is 12.5. The molecule has 3 aromatic rings. The predicted molar refractivity (Wildman–Crippen MR) is 119 cm³/mol. The second kappa shape index (κ2) is 10.4. The van der Waals surface area contributed by atoms with E-state index in [-0.39, 0.29) is 17.5 Å². The van der Waals surface area contributed by atoms with Crippen molar-refractivity contribution in [2.75, 3.05) is 33.2 Å².